The summed E-state index contributed by atoms with van der Waals surface area (Å²) in [5.41, 5.74) is 0.0776. The van der Waals surface area contributed by atoms with Crippen LogP contribution in [0.1, 0.15) is 32.6 Å². The fourth-order valence-electron chi connectivity index (χ4n) is 3.02. The molecule has 1 amide bonds. The minimum Gasteiger partial charge on any atom is -0.493 e. The molecule has 5 heteroatoms. The fourth-order valence-corrected chi connectivity index (χ4v) is 3.19. The van der Waals surface area contributed by atoms with Gasteiger partial charge in [-0.05, 0) is 49.4 Å². The molecule has 2 atom stereocenters. The van der Waals surface area contributed by atoms with E-state index in [1.807, 2.05) is 24.3 Å². The summed E-state index contributed by atoms with van der Waals surface area (Å²) >= 11 is 3.32. The lowest BCUT2D eigenvalue weighted by molar-refractivity contribution is -0.143. The molecule has 1 aromatic rings. The van der Waals surface area contributed by atoms with Crippen LogP contribution in [0.5, 0.6) is 5.75 Å². The largest absolute Gasteiger partial charge is 0.493 e. The maximum Gasteiger partial charge on any atom is 0.256 e. The molecule has 22 heavy (non-hydrogen) atoms. The maximum atomic E-state index is 12.6. The van der Waals surface area contributed by atoms with E-state index in [9.17, 15) is 4.79 Å². The first kappa shape index (κ1) is 17.3. The van der Waals surface area contributed by atoms with Crippen molar-refractivity contribution in [2.45, 2.75) is 38.2 Å². The molecule has 4 nitrogen and oxygen atoms in total. The smallest absolute Gasteiger partial charge is 0.256 e. The molecular weight excluding hydrogens is 346 g/mol. The summed E-state index contributed by atoms with van der Waals surface area (Å²) in [7, 11) is 1.63. The second kappa shape index (κ2) is 7.97. The summed E-state index contributed by atoms with van der Waals surface area (Å²) < 4.78 is 11.1. The average Bonchev–Trinajstić information content (AvgIpc) is 2.54. The molecule has 1 saturated carbocycles. The lowest BCUT2D eigenvalue weighted by Crippen LogP contribution is -2.47. The zero-order chi connectivity index (χ0) is 16.0. The molecule has 1 aliphatic rings. The minimum atomic E-state index is -0.692. The molecule has 1 fully saturated rings. The summed E-state index contributed by atoms with van der Waals surface area (Å²) in [5, 5.41) is 3.77. The minimum absolute atomic E-state index is 0.0457. The fraction of sp³-hybridized carbons (Fsp3) is 0.588. The Kier molecular flexibility index (Phi) is 6.26. The third-order valence-electron chi connectivity index (χ3n) is 4.22. The van der Waals surface area contributed by atoms with E-state index in [-0.39, 0.29) is 5.91 Å². The molecule has 0 aliphatic heterocycles. The summed E-state index contributed by atoms with van der Waals surface area (Å²) in [4.78, 5) is 12.6. The molecule has 0 bridgehead atoms. The zero-order valence-electron chi connectivity index (χ0n) is 13.2. The van der Waals surface area contributed by atoms with Crippen LogP contribution in [0.4, 0.5) is 5.69 Å². The molecule has 1 N–H and O–H groups in total. The van der Waals surface area contributed by atoms with Crippen molar-refractivity contribution >= 4 is 27.5 Å². The number of hydrogen-bond donors (Lipinski definition) is 1. The van der Waals surface area contributed by atoms with Gasteiger partial charge in [-0.2, -0.15) is 0 Å². The number of methoxy groups -OCH3 is 1. The van der Waals surface area contributed by atoms with Crippen LogP contribution in [0.15, 0.2) is 24.3 Å². The van der Waals surface area contributed by atoms with Crippen LogP contribution in [0.25, 0.3) is 0 Å². The van der Waals surface area contributed by atoms with Crippen molar-refractivity contribution in [1.29, 1.82) is 0 Å². The van der Waals surface area contributed by atoms with Gasteiger partial charge in [0.05, 0.1) is 6.61 Å². The Labute approximate surface area is 140 Å². The van der Waals surface area contributed by atoms with Crippen molar-refractivity contribution in [2.75, 3.05) is 24.4 Å². The van der Waals surface area contributed by atoms with Gasteiger partial charge < -0.3 is 14.8 Å². The first-order valence-corrected chi connectivity index (χ1v) is 8.87. The van der Waals surface area contributed by atoms with Gasteiger partial charge in [0, 0.05) is 18.1 Å². The number of carbonyl (C=O) groups is 1. The third-order valence-corrected chi connectivity index (χ3v) is 4.54. The Hall–Kier alpha value is -1.07. The SMILES string of the molecule is COC1(C(=O)Nc2ccc(OCCBr)cc2)CCCC(C)C1. The standard InChI is InChI=1S/C17H24BrNO3/c1-13-4-3-9-17(12-13,21-2)16(20)19-14-5-7-15(8-6-14)22-11-10-18/h5-8,13H,3-4,9-12H2,1-2H3,(H,19,20). The average molecular weight is 370 g/mol. The van der Waals surface area contributed by atoms with Gasteiger partial charge in [0.25, 0.3) is 5.91 Å². The Balaban J connectivity index is 2.00. The van der Waals surface area contributed by atoms with Gasteiger partial charge >= 0.3 is 0 Å². The molecule has 0 spiro atoms. The molecule has 0 radical (unpaired) electrons. The molecule has 2 unspecified atom stereocenters. The molecule has 1 aliphatic carbocycles. The topological polar surface area (TPSA) is 47.6 Å². The van der Waals surface area contributed by atoms with Crippen LogP contribution >= 0.6 is 15.9 Å². The Morgan fingerprint density at radius 3 is 2.73 bits per heavy atom. The Bertz CT molecular complexity index is 491. The van der Waals surface area contributed by atoms with E-state index < -0.39 is 5.60 Å². The van der Waals surface area contributed by atoms with Gasteiger partial charge in [-0.1, -0.05) is 29.3 Å². The van der Waals surface area contributed by atoms with Gasteiger partial charge in [0.2, 0.25) is 0 Å². The lowest BCUT2D eigenvalue weighted by atomic mass is 9.78. The highest BCUT2D eigenvalue weighted by molar-refractivity contribution is 9.09. The van der Waals surface area contributed by atoms with Crippen molar-refractivity contribution in [3.05, 3.63) is 24.3 Å². The molecule has 0 aromatic heterocycles. The Morgan fingerprint density at radius 2 is 2.14 bits per heavy atom. The number of carbonyl (C=O) groups excluding carboxylic acids is 1. The first-order valence-electron chi connectivity index (χ1n) is 7.75. The first-order chi connectivity index (χ1) is 10.6. The maximum absolute atomic E-state index is 12.6. The van der Waals surface area contributed by atoms with Crippen molar-refractivity contribution < 1.29 is 14.3 Å². The predicted molar refractivity (Wildman–Crippen MR) is 91.7 cm³/mol. The quantitative estimate of drug-likeness (QED) is 0.771. The zero-order valence-corrected chi connectivity index (χ0v) is 14.8. The van der Waals surface area contributed by atoms with E-state index in [0.717, 1.165) is 42.5 Å². The normalized spacial score (nSPS) is 24.8. The van der Waals surface area contributed by atoms with Crippen molar-refractivity contribution in [3.8, 4) is 5.75 Å². The number of halogens is 1. The van der Waals surface area contributed by atoms with Gasteiger partial charge in [0.15, 0.2) is 0 Å². The van der Waals surface area contributed by atoms with Crippen LogP contribution in [-0.2, 0) is 9.53 Å². The van der Waals surface area contributed by atoms with Crippen LogP contribution in [0.2, 0.25) is 0 Å². The van der Waals surface area contributed by atoms with Crippen molar-refractivity contribution in [1.82, 2.24) is 0 Å². The summed E-state index contributed by atoms with van der Waals surface area (Å²) in [6.07, 6.45) is 3.76. The van der Waals surface area contributed by atoms with Gasteiger partial charge in [0.1, 0.15) is 11.4 Å². The van der Waals surface area contributed by atoms with E-state index in [1.54, 1.807) is 7.11 Å². The number of alkyl halides is 1. The number of anilines is 1. The molecular formula is C17H24BrNO3. The lowest BCUT2D eigenvalue weighted by Gasteiger charge is -2.37. The number of nitrogens with one attached hydrogen (secondary N) is 1. The number of rotatable bonds is 6. The van der Waals surface area contributed by atoms with E-state index in [2.05, 4.69) is 28.2 Å². The molecule has 1 aromatic carbocycles. The number of amides is 1. The van der Waals surface area contributed by atoms with Crippen molar-refractivity contribution in [3.63, 3.8) is 0 Å². The molecule has 122 valence electrons. The second-order valence-electron chi connectivity index (χ2n) is 5.92. The van der Waals surface area contributed by atoms with Gasteiger partial charge in [-0.15, -0.1) is 0 Å². The molecule has 0 saturated heterocycles. The summed E-state index contributed by atoms with van der Waals surface area (Å²) in [5.74, 6) is 1.26. The molecule has 2 rings (SSSR count). The predicted octanol–water partition coefficient (Wildman–Crippen LogP) is 3.99. The third kappa shape index (κ3) is 4.23. The van der Waals surface area contributed by atoms with Crippen LogP contribution in [0, 0.1) is 5.92 Å². The highest BCUT2D eigenvalue weighted by Gasteiger charge is 2.41. The molecule has 0 heterocycles. The highest BCUT2D eigenvalue weighted by Crippen LogP contribution is 2.35. The van der Waals surface area contributed by atoms with E-state index in [4.69, 9.17) is 9.47 Å². The van der Waals surface area contributed by atoms with Crippen molar-refractivity contribution in [2.24, 2.45) is 5.92 Å². The second-order valence-corrected chi connectivity index (χ2v) is 6.71. The van der Waals surface area contributed by atoms with Gasteiger partial charge in [-0.25, -0.2) is 0 Å². The van der Waals surface area contributed by atoms with Gasteiger partial charge in [-0.3, -0.25) is 4.79 Å². The Morgan fingerprint density at radius 1 is 1.41 bits per heavy atom. The highest BCUT2D eigenvalue weighted by atomic mass is 79.9. The summed E-state index contributed by atoms with van der Waals surface area (Å²) in [6, 6.07) is 7.44. The number of ether oxygens (including phenoxy) is 2. The van der Waals surface area contributed by atoms with Crippen LogP contribution in [-0.4, -0.2) is 30.6 Å². The van der Waals surface area contributed by atoms with Crippen LogP contribution in [0.3, 0.4) is 0 Å². The number of benzene rings is 1. The summed E-state index contributed by atoms with van der Waals surface area (Å²) in [6.45, 7) is 2.80. The van der Waals surface area contributed by atoms with E-state index >= 15 is 0 Å². The van der Waals surface area contributed by atoms with E-state index in [1.165, 1.54) is 0 Å². The van der Waals surface area contributed by atoms with E-state index in [0.29, 0.717) is 12.5 Å². The van der Waals surface area contributed by atoms with Crippen LogP contribution < -0.4 is 10.1 Å². The number of hydrogen-bond acceptors (Lipinski definition) is 3. The monoisotopic (exact) mass is 369 g/mol.